The largest absolute Gasteiger partial charge is 0.494 e. The van der Waals surface area contributed by atoms with Crippen molar-refractivity contribution in [1.29, 1.82) is 0 Å². The maximum Gasteiger partial charge on any atom is 0.326 e. The number of ether oxygens (including phenoxy) is 1. The molecule has 0 radical (unpaired) electrons. The van der Waals surface area contributed by atoms with Crippen LogP contribution in [0.4, 0.5) is 5.69 Å². The third kappa shape index (κ3) is 8.21. The average molecular weight is 628 g/mol. The van der Waals surface area contributed by atoms with Crippen molar-refractivity contribution in [3.05, 3.63) is 138 Å². The predicted molar refractivity (Wildman–Crippen MR) is 182 cm³/mol. The molecule has 1 aliphatic carbocycles. The third-order valence-electron chi connectivity index (χ3n) is 8.32. The van der Waals surface area contributed by atoms with Crippen LogP contribution in [0.15, 0.2) is 115 Å². The number of benzene rings is 4. The van der Waals surface area contributed by atoms with E-state index >= 15 is 0 Å². The van der Waals surface area contributed by atoms with Gasteiger partial charge in [-0.05, 0) is 67.1 Å². The van der Waals surface area contributed by atoms with Gasteiger partial charge < -0.3 is 20.1 Å². The number of carbonyl (C=O) groups excluding carboxylic acids is 2. The van der Waals surface area contributed by atoms with Crippen molar-refractivity contribution in [3.63, 3.8) is 0 Å². The fourth-order valence-electron chi connectivity index (χ4n) is 5.58. The first kappa shape index (κ1) is 31.5. The van der Waals surface area contributed by atoms with Crippen LogP contribution in [0.3, 0.4) is 0 Å². The highest BCUT2D eigenvalue weighted by Crippen LogP contribution is 2.30. The summed E-state index contributed by atoms with van der Waals surface area (Å²) in [4.78, 5) is 45.2. The van der Waals surface area contributed by atoms with Crippen molar-refractivity contribution in [2.45, 2.75) is 31.7 Å². The van der Waals surface area contributed by atoms with Gasteiger partial charge in [-0.3, -0.25) is 9.59 Å². The third-order valence-corrected chi connectivity index (χ3v) is 8.32. The predicted octanol–water partition coefficient (Wildman–Crippen LogP) is 6.89. The fraction of sp³-hybridized carbons (Fsp3) is 0.231. The molecule has 1 aromatic heterocycles. The molecule has 1 aliphatic rings. The molecule has 0 bridgehead atoms. The van der Waals surface area contributed by atoms with Gasteiger partial charge in [0.2, 0.25) is 0 Å². The first-order valence-electron chi connectivity index (χ1n) is 16.0. The number of aliphatic carboxylic acids is 1. The van der Waals surface area contributed by atoms with Crippen molar-refractivity contribution < 1.29 is 24.2 Å². The van der Waals surface area contributed by atoms with Gasteiger partial charge in [0.15, 0.2) is 5.78 Å². The van der Waals surface area contributed by atoms with Gasteiger partial charge in [0.25, 0.3) is 5.91 Å². The lowest BCUT2D eigenvalue weighted by Gasteiger charge is -2.22. The van der Waals surface area contributed by atoms with E-state index in [9.17, 15) is 19.5 Å². The van der Waals surface area contributed by atoms with Crippen LogP contribution in [0.1, 0.15) is 51.2 Å². The van der Waals surface area contributed by atoms with E-state index in [0.717, 1.165) is 35.9 Å². The molecule has 2 N–H and O–H groups in total. The number of para-hydroxylation sites is 2. The Balaban J connectivity index is 1.03. The van der Waals surface area contributed by atoms with Gasteiger partial charge in [-0.25, -0.2) is 9.78 Å². The van der Waals surface area contributed by atoms with Crippen LogP contribution in [0.5, 0.6) is 5.75 Å². The van der Waals surface area contributed by atoms with Crippen molar-refractivity contribution >= 4 is 34.3 Å². The zero-order chi connectivity index (χ0) is 32.6. The SMILES string of the molecule is O=C(c1ccccc1)c1ccccc1N[C@@H](Cc1ccc(OCCCN(CC2CC2)C(=O)c2ccc3ccccc3n2)cc1)C(=O)O. The van der Waals surface area contributed by atoms with E-state index in [0.29, 0.717) is 53.7 Å². The minimum Gasteiger partial charge on any atom is -0.494 e. The number of hydrogen-bond donors (Lipinski definition) is 2. The van der Waals surface area contributed by atoms with Gasteiger partial charge in [-0.2, -0.15) is 0 Å². The number of amides is 1. The lowest BCUT2D eigenvalue weighted by atomic mass is 10.00. The van der Waals surface area contributed by atoms with Gasteiger partial charge >= 0.3 is 5.97 Å². The molecule has 0 unspecified atom stereocenters. The van der Waals surface area contributed by atoms with Crippen molar-refractivity contribution in [2.75, 3.05) is 25.0 Å². The minimum atomic E-state index is -1.02. The van der Waals surface area contributed by atoms with Gasteiger partial charge in [0.05, 0.1) is 12.1 Å². The molecule has 1 amide bonds. The Morgan fingerprint density at radius 2 is 1.57 bits per heavy atom. The van der Waals surface area contributed by atoms with Crippen LogP contribution in [0.25, 0.3) is 10.9 Å². The molecule has 8 heteroatoms. The highest BCUT2D eigenvalue weighted by molar-refractivity contribution is 6.12. The molecule has 0 saturated heterocycles. The van der Waals surface area contributed by atoms with Crippen LogP contribution >= 0.6 is 0 Å². The van der Waals surface area contributed by atoms with Crippen LogP contribution < -0.4 is 10.1 Å². The molecule has 1 heterocycles. The fourth-order valence-corrected chi connectivity index (χ4v) is 5.58. The highest BCUT2D eigenvalue weighted by Gasteiger charge is 2.28. The zero-order valence-electron chi connectivity index (χ0n) is 26.0. The number of aromatic nitrogens is 1. The summed E-state index contributed by atoms with van der Waals surface area (Å²) in [5.74, 6) is -0.0275. The first-order chi connectivity index (χ1) is 22.9. The molecule has 0 spiro atoms. The van der Waals surface area contributed by atoms with E-state index in [4.69, 9.17) is 4.74 Å². The summed E-state index contributed by atoms with van der Waals surface area (Å²) in [6.45, 7) is 1.73. The quantitative estimate of drug-likeness (QED) is 0.0961. The highest BCUT2D eigenvalue weighted by atomic mass is 16.5. The maximum absolute atomic E-state index is 13.4. The van der Waals surface area contributed by atoms with E-state index in [1.54, 1.807) is 54.6 Å². The Hall–Kier alpha value is -5.50. The molecule has 8 nitrogen and oxygen atoms in total. The van der Waals surface area contributed by atoms with Gasteiger partial charge in [-0.1, -0.05) is 78.9 Å². The molecule has 0 aliphatic heterocycles. The number of hydrogen-bond acceptors (Lipinski definition) is 6. The number of nitrogens with one attached hydrogen (secondary N) is 1. The molecular formula is C39H37N3O5. The number of carboxylic acids is 1. The number of ketones is 1. The smallest absolute Gasteiger partial charge is 0.326 e. The Kier molecular flexibility index (Phi) is 9.87. The second kappa shape index (κ2) is 14.7. The Labute approximate surface area is 274 Å². The summed E-state index contributed by atoms with van der Waals surface area (Å²) in [7, 11) is 0. The molecular weight excluding hydrogens is 590 g/mol. The van der Waals surface area contributed by atoms with Gasteiger partial charge in [-0.15, -0.1) is 0 Å². The number of rotatable bonds is 15. The number of anilines is 1. The number of fused-ring (bicyclic) bond motifs is 1. The van der Waals surface area contributed by atoms with E-state index in [2.05, 4.69) is 10.3 Å². The van der Waals surface area contributed by atoms with E-state index in [-0.39, 0.29) is 18.1 Å². The molecule has 1 fully saturated rings. The van der Waals surface area contributed by atoms with Crippen LogP contribution in [0.2, 0.25) is 0 Å². The molecule has 4 aromatic carbocycles. The zero-order valence-corrected chi connectivity index (χ0v) is 26.0. The normalized spacial score (nSPS) is 13.1. The van der Waals surface area contributed by atoms with Gasteiger partial charge in [0.1, 0.15) is 17.5 Å². The van der Waals surface area contributed by atoms with Gasteiger partial charge in [0, 0.05) is 41.7 Å². The summed E-state index contributed by atoms with van der Waals surface area (Å²) in [5.41, 5.74) is 3.51. The summed E-state index contributed by atoms with van der Waals surface area (Å²) in [5, 5.41) is 14.1. The summed E-state index contributed by atoms with van der Waals surface area (Å²) >= 11 is 0. The summed E-state index contributed by atoms with van der Waals surface area (Å²) in [6.07, 6.45) is 3.17. The topological polar surface area (TPSA) is 109 Å². The second-order valence-electron chi connectivity index (χ2n) is 11.9. The minimum absolute atomic E-state index is 0.0549. The van der Waals surface area contributed by atoms with Crippen LogP contribution in [-0.4, -0.2) is 58.4 Å². The maximum atomic E-state index is 13.4. The van der Waals surface area contributed by atoms with Crippen molar-refractivity contribution in [1.82, 2.24) is 9.88 Å². The Bertz CT molecular complexity index is 1850. The molecule has 1 saturated carbocycles. The lowest BCUT2D eigenvalue weighted by molar-refractivity contribution is -0.137. The molecule has 5 aromatic rings. The van der Waals surface area contributed by atoms with Crippen molar-refractivity contribution in [3.8, 4) is 5.75 Å². The van der Waals surface area contributed by atoms with E-state index in [1.807, 2.05) is 65.6 Å². The standard InChI is InChI=1S/C39H37N3O5/c43-37(30-10-2-1-3-11-30)32-12-5-7-14-34(32)41-36(39(45)46)25-27-17-20-31(21-18-27)47-24-8-23-42(26-28-15-16-28)38(44)35-22-19-29-9-4-6-13-33(29)40-35/h1-7,9-14,17-22,28,36,41H,8,15-16,23-26H2,(H,45,46)/t36-/m0/s1. The second-order valence-corrected chi connectivity index (χ2v) is 11.9. The Morgan fingerprint density at radius 3 is 2.34 bits per heavy atom. The van der Waals surface area contributed by atoms with Crippen molar-refractivity contribution in [2.24, 2.45) is 5.92 Å². The number of pyridine rings is 1. The summed E-state index contributed by atoms with van der Waals surface area (Å²) < 4.78 is 5.98. The Morgan fingerprint density at radius 1 is 0.851 bits per heavy atom. The van der Waals surface area contributed by atoms with Crippen LogP contribution in [0, 0.1) is 5.92 Å². The van der Waals surface area contributed by atoms with E-state index in [1.165, 1.54) is 0 Å². The molecule has 1 atom stereocenters. The first-order valence-corrected chi connectivity index (χ1v) is 16.0. The lowest BCUT2D eigenvalue weighted by Crippen LogP contribution is -2.35. The average Bonchev–Trinajstić information content (AvgIpc) is 3.94. The number of carbonyl (C=O) groups is 3. The molecule has 238 valence electrons. The summed E-state index contributed by atoms with van der Waals surface area (Å²) in [6, 6.07) is 33.8. The van der Waals surface area contributed by atoms with Crippen LogP contribution in [-0.2, 0) is 11.2 Å². The molecule has 47 heavy (non-hydrogen) atoms. The monoisotopic (exact) mass is 627 g/mol. The number of carboxylic acid groups (broad SMARTS) is 1. The van der Waals surface area contributed by atoms with E-state index < -0.39 is 12.0 Å². The molecule has 6 rings (SSSR count). The number of nitrogens with zero attached hydrogens (tertiary/aromatic N) is 2.